The van der Waals surface area contributed by atoms with Crippen molar-refractivity contribution in [1.29, 1.82) is 0 Å². The molecule has 0 spiro atoms. The second-order valence-electron chi connectivity index (χ2n) is 7.96. The minimum absolute atomic E-state index is 0.0349. The summed E-state index contributed by atoms with van der Waals surface area (Å²) >= 11 is 1.46. The number of hydrogen-bond donors (Lipinski definition) is 2. The Labute approximate surface area is 181 Å². The predicted molar refractivity (Wildman–Crippen MR) is 124 cm³/mol. The number of amides is 2. The molecule has 0 saturated carbocycles. The maximum atomic E-state index is 12.3. The Balaban J connectivity index is 1.48. The van der Waals surface area contributed by atoms with Crippen LogP contribution in [0.2, 0.25) is 0 Å². The van der Waals surface area contributed by atoms with Gasteiger partial charge in [0.2, 0.25) is 11.8 Å². The van der Waals surface area contributed by atoms with E-state index in [0.717, 1.165) is 28.6 Å². The first-order valence-electron chi connectivity index (χ1n) is 10.4. The normalized spacial score (nSPS) is 12.1. The third kappa shape index (κ3) is 6.39. The number of carbonyl (C=O) groups excluding carboxylic acids is 2. The van der Waals surface area contributed by atoms with Gasteiger partial charge in [-0.2, -0.15) is 0 Å². The number of benzene rings is 2. The van der Waals surface area contributed by atoms with Gasteiger partial charge in [-0.25, -0.2) is 4.98 Å². The van der Waals surface area contributed by atoms with Gasteiger partial charge in [0, 0.05) is 18.4 Å². The SMILES string of the molecule is CC(C)C(=O)Nc1nc2ccc(CCC(=O)N[C@@H](C)CCc3ccccc3)cc2s1. The van der Waals surface area contributed by atoms with Crippen LogP contribution in [0.1, 0.15) is 44.7 Å². The molecule has 0 radical (unpaired) electrons. The highest BCUT2D eigenvalue weighted by molar-refractivity contribution is 7.22. The Morgan fingerprint density at radius 3 is 2.50 bits per heavy atom. The lowest BCUT2D eigenvalue weighted by molar-refractivity contribution is -0.121. The average Bonchev–Trinajstić information content (AvgIpc) is 3.13. The van der Waals surface area contributed by atoms with Crippen LogP contribution in [0.15, 0.2) is 48.5 Å². The standard InChI is InChI=1S/C24H29N3O2S/c1-16(2)23(29)27-24-26-20-13-11-19(15-21(20)30-24)12-14-22(28)25-17(3)9-10-18-7-5-4-6-8-18/h4-8,11,13,15-17H,9-10,12,14H2,1-3H3,(H,25,28)(H,26,27,29)/t17-/m0/s1. The molecule has 158 valence electrons. The quantitative estimate of drug-likeness (QED) is 0.511. The summed E-state index contributed by atoms with van der Waals surface area (Å²) in [6, 6.07) is 16.5. The Bertz CT molecular complexity index is 998. The van der Waals surface area contributed by atoms with Crippen molar-refractivity contribution in [2.45, 2.75) is 52.5 Å². The summed E-state index contributed by atoms with van der Waals surface area (Å²) in [7, 11) is 0. The first-order chi connectivity index (χ1) is 14.4. The average molecular weight is 424 g/mol. The fourth-order valence-electron chi connectivity index (χ4n) is 3.13. The summed E-state index contributed by atoms with van der Waals surface area (Å²) in [5, 5.41) is 6.56. The zero-order valence-electron chi connectivity index (χ0n) is 17.8. The molecule has 2 amide bonds. The van der Waals surface area contributed by atoms with Gasteiger partial charge in [0.05, 0.1) is 10.2 Å². The topological polar surface area (TPSA) is 71.1 Å². The first kappa shape index (κ1) is 22.0. The molecule has 0 aliphatic rings. The maximum Gasteiger partial charge on any atom is 0.228 e. The van der Waals surface area contributed by atoms with Gasteiger partial charge in [0.1, 0.15) is 0 Å². The Morgan fingerprint density at radius 1 is 1.00 bits per heavy atom. The van der Waals surface area contributed by atoms with Crippen LogP contribution in [0.3, 0.4) is 0 Å². The van der Waals surface area contributed by atoms with E-state index < -0.39 is 0 Å². The van der Waals surface area contributed by atoms with Crippen LogP contribution in [0, 0.1) is 5.92 Å². The number of fused-ring (bicyclic) bond motifs is 1. The number of nitrogens with zero attached hydrogens (tertiary/aromatic N) is 1. The number of aryl methyl sites for hydroxylation is 2. The first-order valence-corrected chi connectivity index (χ1v) is 11.3. The lowest BCUT2D eigenvalue weighted by Crippen LogP contribution is -2.33. The minimum Gasteiger partial charge on any atom is -0.354 e. The molecule has 6 heteroatoms. The van der Waals surface area contributed by atoms with Crippen molar-refractivity contribution < 1.29 is 9.59 Å². The third-order valence-corrected chi connectivity index (χ3v) is 5.90. The van der Waals surface area contributed by atoms with Crippen LogP contribution in [-0.2, 0) is 22.4 Å². The largest absolute Gasteiger partial charge is 0.354 e. The van der Waals surface area contributed by atoms with Crippen molar-refractivity contribution in [3.05, 3.63) is 59.7 Å². The number of anilines is 1. The molecule has 0 bridgehead atoms. The molecule has 3 rings (SSSR count). The predicted octanol–water partition coefficient (Wildman–Crippen LogP) is 4.96. The Kier molecular flexibility index (Phi) is 7.57. The molecule has 3 aromatic rings. The van der Waals surface area contributed by atoms with Gasteiger partial charge in [-0.15, -0.1) is 0 Å². The van der Waals surface area contributed by atoms with E-state index in [1.54, 1.807) is 0 Å². The summed E-state index contributed by atoms with van der Waals surface area (Å²) < 4.78 is 1.02. The van der Waals surface area contributed by atoms with E-state index in [4.69, 9.17) is 0 Å². The highest BCUT2D eigenvalue weighted by atomic mass is 32.1. The van der Waals surface area contributed by atoms with Crippen LogP contribution in [-0.4, -0.2) is 22.8 Å². The van der Waals surface area contributed by atoms with E-state index in [1.165, 1.54) is 16.9 Å². The number of aromatic nitrogens is 1. The summed E-state index contributed by atoms with van der Waals surface area (Å²) in [6.07, 6.45) is 3.02. The monoisotopic (exact) mass is 423 g/mol. The van der Waals surface area contributed by atoms with E-state index in [-0.39, 0.29) is 23.8 Å². The smallest absolute Gasteiger partial charge is 0.228 e. The van der Waals surface area contributed by atoms with E-state index in [0.29, 0.717) is 18.0 Å². The van der Waals surface area contributed by atoms with Crippen LogP contribution < -0.4 is 10.6 Å². The molecule has 30 heavy (non-hydrogen) atoms. The molecule has 2 aromatic carbocycles. The molecule has 0 aliphatic carbocycles. The fraction of sp³-hybridized carbons (Fsp3) is 0.375. The van der Waals surface area contributed by atoms with Crippen molar-refractivity contribution in [3.63, 3.8) is 0 Å². The molecule has 1 aromatic heterocycles. The van der Waals surface area contributed by atoms with Gasteiger partial charge in [0.15, 0.2) is 5.13 Å². The summed E-state index contributed by atoms with van der Waals surface area (Å²) in [5.41, 5.74) is 3.25. The van der Waals surface area contributed by atoms with E-state index in [2.05, 4.69) is 40.7 Å². The van der Waals surface area contributed by atoms with Gasteiger partial charge >= 0.3 is 0 Å². The summed E-state index contributed by atoms with van der Waals surface area (Å²) in [4.78, 5) is 28.6. The minimum atomic E-state index is -0.0822. The van der Waals surface area contributed by atoms with E-state index in [1.807, 2.05) is 44.2 Å². The second-order valence-corrected chi connectivity index (χ2v) is 8.99. The van der Waals surface area contributed by atoms with Crippen molar-refractivity contribution >= 4 is 38.5 Å². The molecule has 0 saturated heterocycles. The van der Waals surface area contributed by atoms with Gasteiger partial charge in [-0.1, -0.05) is 61.6 Å². The number of thiazole rings is 1. The second kappa shape index (κ2) is 10.3. The van der Waals surface area contributed by atoms with Gasteiger partial charge in [0.25, 0.3) is 0 Å². The summed E-state index contributed by atoms with van der Waals surface area (Å²) in [5.74, 6) is -0.0432. The van der Waals surface area contributed by atoms with Gasteiger partial charge in [-0.05, 0) is 49.4 Å². The highest BCUT2D eigenvalue weighted by Gasteiger charge is 2.12. The lowest BCUT2D eigenvalue weighted by atomic mass is 10.1. The Morgan fingerprint density at radius 2 is 1.77 bits per heavy atom. The molecule has 0 unspecified atom stereocenters. The van der Waals surface area contributed by atoms with Crippen molar-refractivity contribution in [3.8, 4) is 0 Å². The van der Waals surface area contributed by atoms with Crippen LogP contribution in [0.5, 0.6) is 0 Å². The molecule has 0 fully saturated rings. The zero-order chi connectivity index (χ0) is 21.5. The van der Waals surface area contributed by atoms with Crippen molar-refractivity contribution in [1.82, 2.24) is 10.3 Å². The molecule has 2 N–H and O–H groups in total. The third-order valence-electron chi connectivity index (χ3n) is 4.96. The fourth-order valence-corrected chi connectivity index (χ4v) is 4.07. The molecular formula is C24H29N3O2S. The van der Waals surface area contributed by atoms with Crippen molar-refractivity contribution in [2.24, 2.45) is 5.92 Å². The van der Waals surface area contributed by atoms with Crippen molar-refractivity contribution in [2.75, 3.05) is 5.32 Å². The molecular weight excluding hydrogens is 394 g/mol. The molecule has 1 atom stereocenters. The summed E-state index contributed by atoms with van der Waals surface area (Å²) in [6.45, 7) is 5.76. The van der Waals surface area contributed by atoms with Crippen LogP contribution in [0.25, 0.3) is 10.2 Å². The van der Waals surface area contributed by atoms with Gasteiger partial charge in [-0.3, -0.25) is 9.59 Å². The lowest BCUT2D eigenvalue weighted by Gasteiger charge is -2.14. The number of hydrogen-bond acceptors (Lipinski definition) is 4. The van der Waals surface area contributed by atoms with E-state index >= 15 is 0 Å². The maximum absolute atomic E-state index is 12.3. The zero-order valence-corrected chi connectivity index (χ0v) is 18.6. The number of rotatable bonds is 9. The van der Waals surface area contributed by atoms with Crippen LogP contribution in [0.4, 0.5) is 5.13 Å². The molecule has 1 heterocycles. The van der Waals surface area contributed by atoms with Gasteiger partial charge < -0.3 is 10.6 Å². The highest BCUT2D eigenvalue weighted by Crippen LogP contribution is 2.27. The molecule has 0 aliphatic heterocycles. The molecule has 5 nitrogen and oxygen atoms in total. The number of nitrogens with one attached hydrogen (secondary N) is 2. The van der Waals surface area contributed by atoms with E-state index in [9.17, 15) is 9.59 Å². The Hall–Kier alpha value is -2.73. The van der Waals surface area contributed by atoms with Crippen LogP contribution >= 0.6 is 11.3 Å². The number of carbonyl (C=O) groups is 2.